The van der Waals surface area contributed by atoms with Crippen LogP contribution in [-0.2, 0) is 6.18 Å². The molecular formula is C23H20F3N3S. The molecule has 2 aromatic heterocycles. The van der Waals surface area contributed by atoms with Crippen LogP contribution in [0.25, 0.3) is 11.0 Å². The van der Waals surface area contributed by atoms with Crippen LogP contribution in [0.1, 0.15) is 47.1 Å². The van der Waals surface area contributed by atoms with E-state index in [1.54, 1.807) is 17.8 Å². The fraction of sp³-hybridized carbons (Fsp3) is 0.304. The summed E-state index contributed by atoms with van der Waals surface area (Å²) in [4.78, 5) is 12.9. The molecule has 3 nitrogen and oxygen atoms in total. The van der Waals surface area contributed by atoms with Crippen LogP contribution in [-0.4, -0.2) is 28.5 Å². The summed E-state index contributed by atoms with van der Waals surface area (Å²) >= 11 is 1.59. The molecule has 1 unspecified atom stereocenters. The van der Waals surface area contributed by atoms with Gasteiger partial charge in [0.2, 0.25) is 0 Å². The van der Waals surface area contributed by atoms with Crippen LogP contribution in [0.4, 0.5) is 13.2 Å². The molecule has 30 heavy (non-hydrogen) atoms. The van der Waals surface area contributed by atoms with Gasteiger partial charge in [0.1, 0.15) is 0 Å². The van der Waals surface area contributed by atoms with Crippen molar-refractivity contribution in [1.29, 1.82) is 0 Å². The summed E-state index contributed by atoms with van der Waals surface area (Å²) in [6.45, 7) is 0.610. The number of thioether (sulfide) groups is 1. The number of H-pyrrole nitrogens is 1. The van der Waals surface area contributed by atoms with Crippen molar-refractivity contribution in [2.45, 2.75) is 30.9 Å². The van der Waals surface area contributed by atoms with E-state index in [0.29, 0.717) is 23.3 Å². The third-order valence-corrected chi connectivity index (χ3v) is 6.49. The van der Waals surface area contributed by atoms with Crippen LogP contribution < -0.4 is 0 Å². The number of aliphatic imine (C=N–C) groups is 1. The Morgan fingerprint density at radius 1 is 1.07 bits per heavy atom. The summed E-state index contributed by atoms with van der Waals surface area (Å²) in [5, 5.41) is 0. The Labute approximate surface area is 176 Å². The number of dihydropyridines is 1. The summed E-state index contributed by atoms with van der Waals surface area (Å²) in [5.41, 5.74) is 4.22. The van der Waals surface area contributed by atoms with Gasteiger partial charge in [-0.2, -0.15) is 13.2 Å². The Hall–Kier alpha value is -2.54. The van der Waals surface area contributed by atoms with Crippen LogP contribution in [0.2, 0.25) is 0 Å². The molecule has 0 saturated heterocycles. The van der Waals surface area contributed by atoms with Crippen LogP contribution in [0.3, 0.4) is 0 Å². The number of halogens is 3. The molecule has 5 rings (SSSR count). The minimum Gasteiger partial charge on any atom is -0.352 e. The van der Waals surface area contributed by atoms with Crippen LogP contribution in [0.5, 0.6) is 0 Å². The number of fused-ring (bicyclic) bond motifs is 1. The van der Waals surface area contributed by atoms with Gasteiger partial charge in [-0.15, -0.1) is 11.8 Å². The van der Waals surface area contributed by atoms with Gasteiger partial charge in [-0.3, -0.25) is 9.98 Å². The zero-order valence-corrected chi connectivity index (χ0v) is 17.1. The highest BCUT2D eigenvalue weighted by Gasteiger charge is 2.31. The lowest BCUT2D eigenvalue weighted by atomic mass is 9.94. The first-order valence-electron chi connectivity index (χ1n) is 9.89. The van der Waals surface area contributed by atoms with Crippen LogP contribution in [0, 0.1) is 0 Å². The van der Waals surface area contributed by atoms with Gasteiger partial charge in [0, 0.05) is 17.0 Å². The van der Waals surface area contributed by atoms with Gasteiger partial charge in [0.05, 0.1) is 34.5 Å². The average molecular weight is 427 g/mol. The number of hydrogen-bond donors (Lipinski definition) is 1. The Kier molecular flexibility index (Phi) is 4.73. The molecule has 1 saturated carbocycles. The molecule has 1 aliphatic carbocycles. The van der Waals surface area contributed by atoms with Gasteiger partial charge in [-0.05, 0) is 48.3 Å². The molecule has 3 aromatic rings. The molecule has 1 atom stereocenters. The SMILES string of the molecule is CSC1=CC(c2ccc(C3CC3)cc2)CN=C1c1cc2ncc(C(F)(F)F)cc2[nH]1. The number of hydrogen-bond acceptors (Lipinski definition) is 3. The normalized spacial score (nSPS) is 19.7. The van der Waals surface area contributed by atoms with E-state index in [4.69, 9.17) is 4.99 Å². The van der Waals surface area contributed by atoms with E-state index in [2.05, 4.69) is 40.3 Å². The predicted molar refractivity (Wildman–Crippen MR) is 115 cm³/mol. The molecule has 2 aliphatic rings. The fourth-order valence-corrected chi connectivity index (χ4v) is 4.56. The van der Waals surface area contributed by atoms with Crippen molar-refractivity contribution in [1.82, 2.24) is 9.97 Å². The van der Waals surface area contributed by atoms with E-state index < -0.39 is 11.7 Å². The van der Waals surface area contributed by atoms with E-state index in [1.165, 1.54) is 24.0 Å². The molecule has 1 N–H and O–H groups in total. The van der Waals surface area contributed by atoms with Gasteiger partial charge in [0.15, 0.2) is 0 Å². The number of benzene rings is 1. The summed E-state index contributed by atoms with van der Waals surface area (Å²) in [6, 6.07) is 11.7. The Morgan fingerprint density at radius 3 is 2.47 bits per heavy atom. The fourth-order valence-electron chi connectivity index (χ4n) is 3.89. The third-order valence-electron chi connectivity index (χ3n) is 5.72. The summed E-state index contributed by atoms with van der Waals surface area (Å²) < 4.78 is 38.9. The number of alkyl halides is 3. The Bertz CT molecular complexity index is 1150. The van der Waals surface area contributed by atoms with E-state index >= 15 is 0 Å². The molecule has 0 radical (unpaired) electrons. The van der Waals surface area contributed by atoms with Gasteiger partial charge in [0.25, 0.3) is 0 Å². The van der Waals surface area contributed by atoms with Crippen molar-refractivity contribution in [3.05, 3.63) is 76.0 Å². The van der Waals surface area contributed by atoms with Crippen molar-refractivity contribution < 1.29 is 13.2 Å². The molecule has 0 bridgehead atoms. The number of pyridine rings is 1. The molecule has 3 heterocycles. The van der Waals surface area contributed by atoms with Gasteiger partial charge in [-0.1, -0.05) is 30.3 Å². The third kappa shape index (κ3) is 3.67. The maximum Gasteiger partial charge on any atom is 0.417 e. The first kappa shape index (κ1) is 19.4. The number of aromatic nitrogens is 2. The quantitative estimate of drug-likeness (QED) is 0.531. The van der Waals surface area contributed by atoms with E-state index in [1.807, 2.05) is 6.26 Å². The highest BCUT2D eigenvalue weighted by Crippen LogP contribution is 2.40. The molecule has 1 aliphatic heterocycles. The lowest BCUT2D eigenvalue weighted by molar-refractivity contribution is -0.137. The molecule has 1 aromatic carbocycles. The minimum atomic E-state index is -4.42. The number of rotatable bonds is 4. The maximum absolute atomic E-state index is 13.0. The first-order chi connectivity index (χ1) is 14.4. The Morgan fingerprint density at radius 2 is 1.80 bits per heavy atom. The standard InChI is InChI=1S/C23H20F3N3S/c1-30-21-8-16(15-6-4-14(5-7-15)13-2-3-13)11-28-22(21)20-10-18-19(29-20)9-17(12-27-18)23(24,25)26/h4-10,12-13,16,29H,2-3,11H2,1H3. The molecule has 154 valence electrons. The molecule has 1 fully saturated rings. The monoisotopic (exact) mass is 427 g/mol. The van der Waals surface area contributed by atoms with Crippen molar-refractivity contribution in [3.63, 3.8) is 0 Å². The lowest BCUT2D eigenvalue weighted by Gasteiger charge is -2.20. The van der Waals surface area contributed by atoms with Crippen molar-refractivity contribution >= 4 is 28.5 Å². The van der Waals surface area contributed by atoms with Crippen LogP contribution >= 0.6 is 11.8 Å². The zero-order chi connectivity index (χ0) is 20.9. The van der Waals surface area contributed by atoms with Crippen LogP contribution in [0.15, 0.2) is 58.6 Å². The van der Waals surface area contributed by atoms with Crippen molar-refractivity contribution in [3.8, 4) is 0 Å². The molecular weight excluding hydrogens is 407 g/mol. The average Bonchev–Trinajstić information content (AvgIpc) is 3.51. The summed E-state index contributed by atoms with van der Waals surface area (Å²) in [5.74, 6) is 0.935. The lowest BCUT2D eigenvalue weighted by Crippen LogP contribution is -2.14. The second-order valence-electron chi connectivity index (χ2n) is 7.81. The molecule has 0 amide bonds. The molecule has 7 heteroatoms. The minimum absolute atomic E-state index is 0.198. The maximum atomic E-state index is 13.0. The van der Waals surface area contributed by atoms with Gasteiger partial charge in [-0.25, -0.2) is 0 Å². The van der Waals surface area contributed by atoms with Gasteiger partial charge < -0.3 is 4.98 Å². The number of nitrogens with zero attached hydrogens (tertiary/aromatic N) is 2. The second kappa shape index (κ2) is 7.30. The molecule has 0 spiro atoms. The topological polar surface area (TPSA) is 41.0 Å². The van der Waals surface area contributed by atoms with Crippen molar-refractivity contribution in [2.75, 3.05) is 12.8 Å². The smallest absolute Gasteiger partial charge is 0.352 e. The predicted octanol–water partition coefficient (Wildman–Crippen LogP) is 6.29. The van der Waals surface area contributed by atoms with Gasteiger partial charge >= 0.3 is 6.18 Å². The second-order valence-corrected chi connectivity index (χ2v) is 8.66. The first-order valence-corrected chi connectivity index (χ1v) is 11.1. The Balaban J connectivity index is 1.43. The zero-order valence-electron chi connectivity index (χ0n) is 16.3. The summed E-state index contributed by atoms with van der Waals surface area (Å²) in [6.07, 6.45) is 3.23. The number of aromatic amines is 1. The number of allylic oxidation sites excluding steroid dienone is 1. The van der Waals surface area contributed by atoms with E-state index in [0.717, 1.165) is 28.8 Å². The highest BCUT2D eigenvalue weighted by molar-refractivity contribution is 8.03. The largest absolute Gasteiger partial charge is 0.417 e. The summed E-state index contributed by atoms with van der Waals surface area (Å²) in [7, 11) is 0. The van der Waals surface area contributed by atoms with E-state index in [9.17, 15) is 13.2 Å². The van der Waals surface area contributed by atoms with E-state index in [-0.39, 0.29) is 5.92 Å². The van der Waals surface area contributed by atoms with Crippen molar-refractivity contribution in [2.24, 2.45) is 4.99 Å². The highest BCUT2D eigenvalue weighted by atomic mass is 32.2. The number of nitrogens with one attached hydrogen (secondary N) is 1.